The molecule has 5 nitrogen and oxygen atoms in total. The molecule has 2 N–H and O–H groups in total. The first kappa shape index (κ1) is 14.2. The first-order chi connectivity index (χ1) is 8.51. The van der Waals surface area contributed by atoms with Crippen LogP contribution in [0.1, 0.15) is 39.0 Å². The first-order valence-corrected chi connectivity index (χ1v) is 8.42. The maximum absolute atomic E-state index is 12.4. The molecule has 0 aromatic heterocycles. The summed E-state index contributed by atoms with van der Waals surface area (Å²) >= 11 is 0. The van der Waals surface area contributed by atoms with E-state index in [9.17, 15) is 8.42 Å². The molecule has 0 aliphatic carbocycles. The smallest absolute Gasteiger partial charge is 0.281 e. The lowest BCUT2D eigenvalue weighted by Crippen LogP contribution is -2.50. The molecule has 1 atom stereocenters. The van der Waals surface area contributed by atoms with Gasteiger partial charge in [0.15, 0.2) is 0 Å². The van der Waals surface area contributed by atoms with Crippen molar-refractivity contribution in [2.45, 2.75) is 45.1 Å². The average molecular weight is 275 g/mol. The topological polar surface area (TPSA) is 66.6 Å². The van der Waals surface area contributed by atoms with Gasteiger partial charge in [-0.1, -0.05) is 6.42 Å². The Morgan fingerprint density at radius 3 is 2.00 bits per heavy atom. The van der Waals surface area contributed by atoms with Gasteiger partial charge < -0.3 is 5.73 Å². The fraction of sp³-hybridized carbons (Fsp3) is 1.00. The van der Waals surface area contributed by atoms with Gasteiger partial charge in [0, 0.05) is 32.2 Å². The van der Waals surface area contributed by atoms with E-state index in [1.54, 1.807) is 8.61 Å². The number of hydrogen-bond donors (Lipinski definition) is 1. The van der Waals surface area contributed by atoms with E-state index in [1.807, 2.05) is 6.92 Å². The molecule has 2 saturated heterocycles. The summed E-state index contributed by atoms with van der Waals surface area (Å²) in [5.41, 5.74) is 5.89. The maximum Gasteiger partial charge on any atom is 0.281 e. The molecule has 2 heterocycles. The average Bonchev–Trinajstić information content (AvgIpc) is 2.40. The minimum absolute atomic E-state index is 0.171. The second kappa shape index (κ2) is 5.86. The van der Waals surface area contributed by atoms with Crippen LogP contribution in [0, 0.1) is 5.92 Å². The minimum Gasteiger partial charge on any atom is -0.328 e. The number of hydrogen-bond acceptors (Lipinski definition) is 3. The van der Waals surface area contributed by atoms with Crippen LogP contribution in [0.5, 0.6) is 0 Å². The van der Waals surface area contributed by atoms with Crippen LogP contribution in [-0.2, 0) is 10.2 Å². The summed E-state index contributed by atoms with van der Waals surface area (Å²) in [5.74, 6) is 0.470. The summed E-state index contributed by atoms with van der Waals surface area (Å²) in [6.07, 6.45) is 4.93. The highest BCUT2D eigenvalue weighted by Gasteiger charge is 2.33. The molecule has 106 valence electrons. The molecule has 0 aromatic carbocycles. The maximum atomic E-state index is 12.4. The molecule has 18 heavy (non-hydrogen) atoms. The Kier molecular flexibility index (Phi) is 4.64. The highest BCUT2D eigenvalue weighted by molar-refractivity contribution is 7.86. The largest absolute Gasteiger partial charge is 0.328 e. The number of nitrogens with zero attached hydrogens (tertiary/aromatic N) is 2. The van der Waals surface area contributed by atoms with Gasteiger partial charge in [-0.3, -0.25) is 0 Å². The van der Waals surface area contributed by atoms with E-state index in [0.29, 0.717) is 32.1 Å². The van der Waals surface area contributed by atoms with Crippen molar-refractivity contribution in [2.24, 2.45) is 11.7 Å². The predicted octanol–water partition coefficient (Wildman–Crippen LogP) is 0.776. The van der Waals surface area contributed by atoms with Gasteiger partial charge >= 0.3 is 0 Å². The number of piperidine rings is 2. The molecular weight excluding hydrogens is 250 g/mol. The first-order valence-electron chi connectivity index (χ1n) is 7.02. The molecule has 6 heteroatoms. The third kappa shape index (κ3) is 3.04. The van der Waals surface area contributed by atoms with Crippen molar-refractivity contribution in [1.82, 2.24) is 8.61 Å². The van der Waals surface area contributed by atoms with Crippen LogP contribution in [0.15, 0.2) is 0 Å². The molecular formula is C12H25N3O2S. The van der Waals surface area contributed by atoms with E-state index in [4.69, 9.17) is 5.73 Å². The Labute approximate surface area is 110 Å². The van der Waals surface area contributed by atoms with E-state index < -0.39 is 10.2 Å². The Morgan fingerprint density at radius 1 is 1.00 bits per heavy atom. The lowest BCUT2D eigenvalue weighted by Gasteiger charge is -2.37. The summed E-state index contributed by atoms with van der Waals surface area (Å²) in [6.45, 7) is 4.65. The fourth-order valence-corrected chi connectivity index (χ4v) is 4.61. The molecule has 0 spiro atoms. The molecule has 2 aliphatic rings. The lowest BCUT2D eigenvalue weighted by atomic mass is 9.92. The van der Waals surface area contributed by atoms with E-state index in [1.165, 1.54) is 0 Å². The van der Waals surface area contributed by atoms with Gasteiger partial charge in [-0.2, -0.15) is 17.0 Å². The molecule has 0 aromatic rings. The number of rotatable bonds is 3. The Balaban J connectivity index is 1.95. The third-order valence-corrected chi connectivity index (χ3v) is 6.25. The van der Waals surface area contributed by atoms with Crippen molar-refractivity contribution >= 4 is 10.2 Å². The van der Waals surface area contributed by atoms with Gasteiger partial charge in [0.2, 0.25) is 0 Å². The van der Waals surface area contributed by atoms with Crippen LogP contribution in [0.3, 0.4) is 0 Å². The van der Waals surface area contributed by atoms with Crippen LogP contribution in [0.2, 0.25) is 0 Å². The predicted molar refractivity (Wildman–Crippen MR) is 72.3 cm³/mol. The number of nitrogens with two attached hydrogens (primary N) is 1. The zero-order valence-corrected chi connectivity index (χ0v) is 12.0. The van der Waals surface area contributed by atoms with E-state index in [-0.39, 0.29) is 6.04 Å². The van der Waals surface area contributed by atoms with Crippen molar-refractivity contribution in [1.29, 1.82) is 0 Å². The summed E-state index contributed by atoms with van der Waals surface area (Å²) < 4.78 is 28.2. The van der Waals surface area contributed by atoms with E-state index in [2.05, 4.69) is 0 Å². The summed E-state index contributed by atoms with van der Waals surface area (Å²) in [4.78, 5) is 0. The molecule has 0 amide bonds. The molecule has 0 radical (unpaired) electrons. The van der Waals surface area contributed by atoms with Crippen molar-refractivity contribution in [2.75, 3.05) is 26.2 Å². The van der Waals surface area contributed by atoms with Gasteiger partial charge in [-0.05, 0) is 38.5 Å². The van der Waals surface area contributed by atoms with Gasteiger partial charge in [0.05, 0.1) is 0 Å². The third-order valence-electron chi connectivity index (χ3n) is 4.21. The Morgan fingerprint density at radius 2 is 1.50 bits per heavy atom. The van der Waals surface area contributed by atoms with Crippen molar-refractivity contribution in [3.05, 3.63) is 0 Å². The fourth-order valence-electron chi connectivity index (χ4n) is 2.89. The zero-order chi connectivity index (χ0) is 13.2. The van der Waals surface area contributed by atoms with Crippen molar-refractivity contribution in [3.63, 3.8) is 0 Å². The molecule has 0 bridgehead atoms. The van der Waals surface area contributed by atoms with E-state index in [0.717, 1.165) is 32.1 Å². The van der Waals surface area contributed by atoms with Gasteiger partial charge in [0.1, 0.15) is 0 Å². The second-order valence-electron chi connectivity index (χ2n) is 5.56. The lowest BCUT2D eigenvalue weighted by molar-refractivity contribution is 0.229. The van der Waals surface area contributed by atoms with Crippen molar-refractivity contribution in [3.8, 4) is 0 Å². The SMILES string of the molecule is CC(N)C1CCN(S(=O)(=O)N2CCCCC2)CC1. The van der Waals surface area contributed by atoms with Crippen LogP contribution < -0.4 is 5.73 Å². The highest BCUT2D eigenvalue weighted by atomic mass is 32.2. The van der Waals surface area contributed by atoms with Gasteiger partial charge in [-0.15, -0.1) is 0 Å². The van der Waals surface area contributed by atoms with Crippen molar-refractivity contribution < 1.29 is 8.42 Å². The van der Waals surface area contributed by atoms with Crippen LogP contribution in [0.25, 0.3) is 0 Å². The molecule has 0 saturated carbocycles. The molecule has 2 aliphatic heterocycles. The molecule has 2 rings (SSSR count). The Bertz CT molecular complexity index is 356. The van der Waals surface area contributed by atoms with Crippen LogP contribution >= 0.6 is 0 Å². The minimum atomic E-state index is -3.21. The normalized spacial score (nSPS) is 27.2. The molecule has 2 fully saturated rings. The second-order valence-corrected chi connectivity index (χ2v) is 7.49. The van der Waals surface area contributed by atoms with Gasteiger partial charge in [-0.25, -0.2) is 0 Å². The monoisotopic (exact) mass is 275 g/mol. The zero-order valence-electron chi connectivity index (χ0n) is 11.2. The molecule has 1 unspecified atom stereocenters. The quantitative estimate of drug-likeness (QED) is 0.827. The van der Waals surface area contributed by atoms with Crippen LogP contribution in [-0.4, -0.2) is 49.2 Å². The summed E-state index contributed by atoms with van der Waals surface area (Å²) in [7, 11) is -3.21. The summed E-state index contributed by atoms with van der Waals surface area (Å²) in [6, 6.07) is 0.171. The standard InChI is InChI=1S/C12H25N3O2S/c1-11(13)12-5-9-15(10-6-12)18(16,17)14-7-3-2-4-8-14/h11-12H,2-10,13H2,1H3. The van der Waals surface area contributed by atoms with E-state index >= 15 is 0 Å². The summed E-state index contributed by atoms with van der Waals surface area (Å²) in [5, 5.41) is 0. The highest BCUT2D eigenvalue weighted by Crippen LogP contribution is 2.24. The van der Waals surface area contributed by atoms with Crippen LogP contribution in [0.4, 0.5) is 0 Å². The Hall–Kier alpha value is -0.170. The van der Waals surface area contributed by atoms with Gasteiger partial charge in [0.25, 0.3) is 10.2 Å².